The standard InChI is InChI=1S/C17H32N12O6/c1-32-6-20-14-22-12(24-16(26-14)28(8-30)10-34-3)18-5-19-13-23-15(21-7-33-2)27-17(25-13)29(9-31)11-35-4/h30-31H,5-11H2,1-4H3,(H2,18,20,22,24,26)(H2,19,21,23,25,27). The predicted molar refractivity (Wildman–Crippen MR) is 126 cm³/mol. The highest BCUT2D eigenvalue weighted by atomic mass is 16.5. The van der Waals surface area contributed by atoms with E-state index in [2.05, 4.69) is 51.2 Å². The average Bonchev–Trinajstić information content (AvgIpc) is 2.87. The predicted octanol–water partition coefficient (Wildman–Crippen LogP) is -1.71. The van der Waals surface area contributed by atoms with Crippen molar-refractivity contribution < 1.29 is 29.2 Å². The summed E-state index contributed by atoms with van der Waals surface area (Å²) >= 11 is 0. The fraction of sp³-hybridized carbons (Fsp3) is 0.647. The van der Waals surface area contributed by atoms with Crippen LogP contribution in [0, 0.1) is 0 Å². The molecule has 2 aromatic rings. The summed E-state index contributed by atoms with van der Waals surface area (Å²) in [5.41, 5.74) is 0. The summed E-state index contributed by atoms with van der Waals surface area (Å²) in [4.78, 5) is 28.4. The molecular weight excluding hydrogens is 468 g/mol. The van der Waals surface area contributed by atoms with Crippen molar-refractivity contribution in [2.24, 2.45) is 0 Å². The molecule has 0 bridgehead atoms. The number of hydrogen-bond donors (Lipinski definition) is 6. The van der Waals surface area contributed by atoms with Crippen LogP contribution in [0.5, 0.6) is 0 Å². The summed E-state index contributed by atoms with van der Waals surface area (Å²) in [6.07, 6.45) is 0. The fourth-order valence-corrected chi connectivity index (χ4v) is 2.44. The zero-order valence-corrected chi connectivity index (χ0v) is 20.1. The molecule has 0 saturated heterocycles. The van der Waals surface area contributed by atoms with E-state index in [9.17, 15) is 10.2 Å². The normalized spacial score (nSPS) is 10.7. The number of nitrogens with one attached hydrogen (secondary N) is 4. The molecule has 18 nitrogen and oxygen atoms in total. The van der Waals surface area contributed by atoms with Crippen LogP contribution in [0.1, 0.15) is 0 Å². The fourth-order valence-electron chi connectivity index (χ4n) is 2.44. The third-order valence-electron chi connectivity index (χ3n) is 3.97. The minimum atomic E-state index is -0.368. The third kappa shape index (κ3) is 9.03. The zero-order valence-electron chi connectivity index (χ0n) is 20.1. The smallest absolute Gasteiger partial charge is 0.235 e. The molecule has 2 rings (SSSR count). The number of methoxy groups -OCH3 is 4. The Balaban J connectivity index is 2.19. The van der Waals surface area contributed by atoms with E-state index in [4.69, 9.17) is 18.9 Å². The molecular formula is C17H32N12O6. The van der Waals surface area contributed by atoms with Crippen LogP contribution in [-0.2, 0) is 18.9 Å². The Bertz CT molecular complexity index is 812. The Morgan fingerprint density at radius 1 is 0.571 bits per heavy atom. The van der Waals surface area contributed by atoms with Gasteiger partial charge < -0.3 is 50.4 Å². The first kappa shape index (κ1) is 27.8. The molecule has 196 valence electrons. The van der Waals surface area contributed by atoms with Crippen molar-refractivity contribution in [3.05, 3.63) is 0 Å². The maximum atomic E-state index is 9.61. The number of rotatable bonds is 18. The van der Waals surface area contributed by atoms with Crippen LogP contribution in [0.15, 0.2) is 0 Å². The van der Waals surface area contributed by atoms with Gasteiger partial charge in [-0.2, -0.15) is 29.9 Å². The van der Waals surface area contributed by atoms with Gasteiger partial charge in [0.15, 0.2) is 0 Å². The van der Waals surface area contributed by atoms with Gasteiger partial charge in [0.05, 0.1) is 6.67 Å². The molecule has 0 aromatic carbocycles. The highest BCUT2D eigenvalue weighted by Crippen LogP contribution is 2.15. The lowest BCUT2D eigenvalue weighted by Gasteiger charge is -2.20. The monoisotopic (exact) mass is 500 g/mol. The first-order valence-electron chi connectivity index (χ1n) is 10.2. The second-order valence-electron chi connectivity index (χ2n) is 6.51. The lowest BCUT2D eigenvalue weighted by Crippen LogP contribution is -2.30. The molecule has 0 aliphatic heterocycles. The Kier molecular flexibility index (Phi) is 12.3. The van der Waals surface area contributed by atoms with Crippen LogP contribution in [0.3, 0.4) is 0 Å². The second-order valence-corrected chi connectivity index (χ2v) is 6.51. The molecule has 18 heteroatoms. The highest BCUT2D eigenvalue weighted by molar-refractivity contribution is 5.46. The van der Waals surface area contributed by atoms with E-state index in [1.54, 1.807) is 0 Å². The topological polar surface area (TPSA) is 209 Å². The van der Waals surface area contributed by atoms with Crippen LogP contribution >= 0.6 is 0 Å². The van der Waals surface area contributed by atoms with Crippen molar-refractivity contribution in [1.29, 1.82) is 0 Å². The van der Waals surface area contributed by atoms with Crippen molar-refractivity contribution in [3.63, 3.8) is 0 Å². The van der Waals surface area contributed by atoms with Gasteiger partial charge in [-0.25, -0.2) is 0 Å². The maximum absolute atomic E-state index is 9.61. The number of hydrogen-bond acceptors (Lipinski definition) is 18. The van der Waals surface area contributed by atoms with Gasteiger partial charge in [-0.3, -0.25) is 9.80 Å². The Labute approximate surface area is 202 Å². The number of aromatic nitrogens is 6. The largest absolute Gasteiger partial charge is 0.376 e. The van der Waals surface area contributed by atoms with Crippen LogP contribution in [0.4, 0.5) is 35.7 Å². The minimum absolute atomic E-state index is 0.0651. The third-order valence-corrected chi connectivity index (χ3v) is 3.97. The molecule has 6 N–H and O–H groups in total. The molecule has 0 unspecified atom stereocenters. The Hall–Kier alpha value is -3.42. The summed E-state index contributed by atoms with van der Waals surface area (Å²) < 4.78 is 20.1. The van der Waals surface area contributed by atoms with E-state index in [0.29, 0.717) is 0 Å². The number of nitrogens with zero attached hydrogens (tertiary/aromatic N) is 8. The van der Waals surface area contributed by atoms with Gasteiger partial charge in [0.25, 0.3) is 0 Å². The molecule has 0 fully saturated rings. The molecule has 0 atom stereocenters. The molecule has 0 aliphatic carbocycles. The Morgan fingerprint density at radius 3 is 1.26 bits per heavy atom. The van der Waals surface area contributed by atoms with Gasteiger partial charge >= 0.3 is 0 Å². The quantitative estimate of drug-likeness (QED) is 0.126. The minimum Gasteiger partial charge on any atom is -0.376 e. The summed E-state index contributed by atoms with van der Waals surface area (Å²) in [6.45, 7) is -0.172. The number of aliphatic hydroxyl groups excluding tert-OH is 2. The van der Waals surface area contributed by atoms with E-state index >= 15 is 0 Å². The summed E-state index contributed by atoms with van der Waals surface area (Å²) in [7, 11) is 6.01. The lowest BCUT2D eigenvalue weighted by atomic mass is 10.7. The molecule has 0 amide bonds. The molecule has 0 saturated carbocycles. The van der Waals surface area contributed by atoms with Gasteiger partial charge in [-0.1, -0.05) is 0 Å². The van der Waals surface area contributed by atoms with Crippen LogP contribution in [0.2, 0.25) is 0 Å². The SMILES string of the molecule is COCNc1nc(NCNc2nc(NCOC)nc(N(CO)COC)n2)nc(N(CO)COC)n1. The first-order valence-corrected chi connectivity index (χ1v) is 10.2. The average molecular weight is 501 g/mol. The molecule has 0 radical (unpaired) electrons. The zero-order chi connectivity index (χ0) is 25.5. The second kappa shape index (κ2) is 15.5. The molecule has 2 aromatic heterocycles. The van der Waals surface area contributed by atoms with Crippen LogP contribution in [-0.4, -0.2) is 116 Å². The number of aliphatic hydroxyl groups is 2. The molecule has 2 heterocycles. The van der Waals surface area contributed by atoms with E-state index < -0.39 is 0 Å². The van der Waals surface area contributed by atoms with Gasteiger partial charge in [0.1, 0.15) is 40.4 Å². The van der Waals surface area contributed by atoms with Gasteiger partial charge in [-0.05, 0) is 0 Å². The van der Waals surface area contributed by atoms with Crippen molar-refractivity contribution >= 4 is 35.7 Å². The maximum Gasteiger partial charge on any atom is 0.235 e. The molecule has 35 heavy (non-hydrogen) atoms. The summed E-state index contributed by atoms with van der Waals surface area (Å²) in [5, 5.41) is 31.0. The molecule has 0 spiro atoms. The van der Waals surface area contributed by atoms with Crippen molar-refractivity contribution in [1.82, 2.24) is 29.9 Å². The first-order chi connectivity index (χ1) is 17.1. The Morgan fingerprint density at radius 2 is 0.943 bits per heavy atom. The van der Waals surface area contributed by atoms with Gasteiger partial charge in [0.2, 0.25) is 35.7 Å². The lowest BCUT2D eigenvalue weighted by molar-refractivity contribution is 0.166. The number of anilines is 6. The summed E-state index contributed by atoms with van der Waals surface area (Å²) in [5.74, 6) is 1.19. The van der Waals surface area contributed by atoms with E-state index in [1.165, 1.54) is 38.2 Å². The highest BCUT2D eigenvalue weighted by Gasteiger charge is 2.15. The van der Waals surface area contributed by atoms with Gasteiger partial charge in [-0.15, -0.1) is 0 Å². The van der Waals surface area contributed by atoms with Crippen molar-refractivity contribution in [3.8, 4) is 0 Å². The molecule has 0 aliphatic rings. The van der Waals surface area contributed by atoms with Gasteiger partial charge in [0, 0.05) is 28.4 Å². The van der Waals surface area contributed by atoms with E-state index in [0.717, 1.165) is 0 Å². The summed E-state index contributed by atoms with van der Waals surface area (Å²) in [6, 6.07) is 0. The van der Waals surface area contributed by atoms with E-state index in [-0.39, 0.29) is 82.7 Å². The number of ether oxygens (including phenoxy) is 4. The van der Waals surface area contributed by atoms with Crippen molar-refractivity contribution in [2.45, 2.75) is 0 Å². The van der Waals surface area contributed by atoms with Crippen LogP contribution < -0.4 is 31.1 Å². The van der Waals surface area contributed by atoms with E-state index in [1.807, 2.05) is 0 Å². The van der Waals surface area contributed by atoms with Crippen LogP contribution in [0.25, 0.3) is 0 Å². The van der Waals surface area contributed by atoms with Crippen molar-refractivity contribution in [2.75, 3.05) is 107 Å².